The topological polar surface area (TPSA) is 56.9 Å². The van der Waals surface area contributed by atoms with E-state index in [0.29, 0.717) is 24.1 Å². The highest BCUT2D eigenvalue weighted by Gasteiger charge is 2.33. The number of aryl methyl sites for hydroxylation is 1. The molecule has 5 rings (SSSR count). The molecule has 1 aromatic carbocycles. The first-order valence-corrected chi connectivity index (χ1v) is 11.8. The van der Waals surface area contributed by atoms with E-state index in [-0.39, 0.29) is 11.4 Å². The number of nitrogens with zero attached hydrogens (tertiary/aromatic N) is 2. The second-order valence-corrected chi connectivity index (χ2v) is 9.69. The zero-order valence-electron chi connectivity index (χ0n) is 18.2. The maximum atomic E-state index is 12.6. The van der Waals surface area contributed by atoms with Gasteiger partial charge in [-0.1, -0.05) is 6.42 Å². The van der Waals surface area contributed by atoms with Crippen molar-refractivity contribution >= 4 is 11.0 Å². The number of phenols is 1. The minimum absolute atomic E-state index is 0.211. The first kappa shape index (κ1) is 20.1. The molecule has 1 N–H and O–H groups in total. The lowest BCUT2D eigenvalue weighted by Gasteiger charge is -2.45. The number of rotatable bonds is 4. The van der Waals surface area contributed by atoms with Crippen molar-refractivity contribution in [3.63, 3.8) is 0 Å². The van der Waals surface area contributed by atoms with E-state index in [4.69, 9.17) is 4.42 Å². The maximum Gasteiger partial charge on any atom is 0.339 e. The molecule has 1 aromatic heterocycles. The highest BCUT2D eigenvalue weighted by Crippen LogP contribution is 2.35. The van der Waals surface area contributed by atoms with Crippen LogP contribution in [0.4, 0.5) is 0 Å². The number of aromatic hydroxyl groups is 1. The molecule has 0 radical (unpaired) electrons. The molecule has 30 heavy (non-hydrogen) atoms. The van der Waals surface area contributed by atoms with E-state index in [0.717, 1.165) is 54.3 Å². The van der Waals surface area contributed by atoms with Crippen LogP contribution < -0.4 is 5.63 Å². The van der Waals surface area contributed by atoms with Gasteiger partial charge in [0.25, 0.3) is 0 Å². The zero-order valence-corrected chi connectivity index (χ0v) is 18.2. The Labute approximate surface area is 178 Å². The van der Waals surface area contributed by atoms with E-state index in [9.17, 15) is 9.90 Å². The highest BCUT2D eigenvalue weighted by molar-refractivity contribution is 5.86. The first-order chi connectivity index (χ1) is 14.6. The van der Waals surface area contributed by atoms with Gasteiger partial charge in [0.1, 0.15) is 11.3 Å². The lowest BCUT2D eigenvalue weighted by molar-refractivity contribution is 0.0434. The van der Waals surface area contributed by atoms with Crippen LogP contribution in [0.15, 0.2) is 21.3 Å². The Hall–Kier alpha value is -1.85. The van der Waals surface area contributed by atoms with Crippen LogP contribution in [0.5, 0.6) is 5.75 Å². The Morgan fingerprint density at radius 2 is 1.87 bits per heavy atom. The number of fused-ring (bicyclic) bond motifs is 4. The number of hydrogen-bond acceptors (Lipinski definition) is 5. The molecule has 2 saturated heterocycles. The van der Waals surface area contributed by atoms with Crippen LogP contribution in [0, 0.1) is 5.92 Å². The van der Waals surface area contributed by atoms with Crippen molar-refractivity contribution in [2.24, 2.45) is 5.92 Å². The summed E-state index contributed by atoms with van der Waals surface area (Å²) in [5.74, 6) is 0.914. The molecule has 5 heteroatoms. The van der Waals surface area contributed by atoms with Crippen LogP contribution in [0.3, 0.4) is 0 Å². The third-order valence-electron chi connectivity index (χ3n) is 7.67. The first-order valence-electron chi connectivity index (χ1n) is 11.8. The Balaban J connectivity index is 1.41. The molecule has 162 valence electrons. The minimum Gasteiger partial charge on any atom is -0.507 e. The number of piperidine rings is 2. The van der Waals surface area contributed by atoms with Crippen molar-refractivity contribution in [1.82, 2.24) is 9.80 Å². The number of hydrogen-bond donors (Lipinski definition) is 1. The van der Waals surface area contributed by atoms with E-state index in [1.54, 1.807) is 6.07 Å². The predicted molar refractivity (Wildman–Crippen MR) is 119 cm³/mol. The number of benzene rings is 1. The molecule has 2 aliphatic heterocycles. The monoisotopic (exact) mass is 410 g/mol. The van der Waals surface area contributed by atoms with Crippen molar-refractivity contribution in [2.75, 3.05) is 26.7 Å². The Kier molecular flexibility index (Phi) is 5.59. The second kappa shape index (κ2) is 8.35. The van der Waals surface area contributed by atoms with Gasteiger partial charge < -0.3 is 19.3 Å². The predicted octanol–water partition coefficient (Wildman–Crippen LogP) is 4.07. The lowest BCUT2D eigenvalue weighted by atomic mass is 9.83. The molecule has 0 unspecified atom stereocenters. The molecule has 0 spiro atoms. The maximum absolute atomic E-state index is 12.6. The summed E-state index contributed by atoms with van der Waals surface area (Å²) in [4.78, 5) is 17.7. The Bertz CT molecular complexity index is 980. The average Bonchev–Trinajstić information content (AvgIpc) is 2.76. The summed E-state index contributed by atoms with van der Waals surface area (Å²) in [7, 11) is 2.14. The summed E-state index contributed by atoms with van der Waals surface area (Å²) in [5.41, 5.74) is 3.13. The molecular formula is C25H34N2O3. The van der Waals surface area contributed by atoms with Gasteiger partial charge in [-0.3, -0.25) is 0 Å². The Morgan fingerprint density at radius 3 is 2.73 bits per heavy atom. The second-order valence-electron chi connectivity index (χ2n) is 9.69. The van der Waals surface area contributed by atoms with Crippen molar-refractivity contribution in [3.05, 3.63) is 39.2 Å². The van der Waals surface area contributed by atoms with Gasteiger partial charge >= 0.3 is 5.63 Å². The molecule has 0 amide bonds. The fourth-order valence-corrected chi connectivity index (χ4v) is 6.23. The average molecular weight is 411 g/mol. The summed E-state index contributed by atoms with van der Waals surface area (Å²) >= 11 is 0. The largest absolute Gasteiger partial charge is 0.507 e. The van der Waals surface area contributed by atoms with E-state index in [1.165, 1.54) is 45.2 Å². The SMILES string of the molecule is CN(Cc1c(O)ccc2c3c(c(=O)oc12)CCCC3)C[C@@H]1CCCN2CCCC[C@H]12. The number of phenolic OH excluding ortho intramolecular Hbond substituents is 1. The quantitative estimate of drug-likeness (QED) is 0.770. The highest BCUT2D eigenvalue weighted by atomic mass is 16.4. The molecule has 3 aliphatic rings. The molecule has 0 bridgehead atoms. The van der Waals surface area contributed by atoms with Gasteiger partial charge in [0.2, 0.25) is 0 Å². The molecule has 5 nitrogen and oxygen atoms in total. The summed E-state index contributed by atoms with van der Waals surface area (Å²) < 4.78 is 5.80. The van der Waals surface area contributed by atoms with E-state index >= 15 is 0 Å². The fraction of sp³-hybridized carbons (Fsp3) is 0.640. The molecule has 2 fully saturated rings. The molecular weight excluding hydrogens is 376 g/mol. The molecule has 2 aromatic rings. The standard InChI is InChI=1S/C25H34N2O3/c1-26(15-17-7-6-14-27-13-5-4-10-22(17)27)16-21-23(28)12-11-19-18-8-2-3-9-20(18)25(29)30-24(19)21/h11-12,17,22,28H,2-10,13-16H2,1H3/t17-,22+/m0/s1. The zero-order chi connectivity index (χ0) is 20.7. The van der Waals surface area contributed by atoms with Gasteiger partial charge in [0, 0.05) is 30.1 Å². The van der Waals surface area contributed by atoms with Gasteiger partial charge in [0.05, 0.1) is 5.56 Å². The van der Waals surface area contributed by atoms with Crippen LogP contribution >= 0.6 is 0 Å². The van der Waals surface area contributed by atoms with Crippen molar-refractivity contribution in [2.45, 2.75) is 70.4 Å². The van der Waals surface area contributed by atoms with Crippen LogP contribution in [-0.2, 0) is 19.4 Å². The smallest absolute Gasteiger partial charge is 0.339 e. The van der Waals surface area contributed by atoms with Crippen LogP contribution in [0.2, 0.25) is 0 Å². The fourth-order valence-electron chi connectivity index (χ4n) is 6.23. The summed E-state index contributed by atoms with van der Waals surface area (Å²) in [6, 6.07) is 4.42. The molecule has 2 atom stereocenters. The van der Waals surface area contributed by atoms with Crippen LogP contribution in [0.1, 0.15) is 61.6 Å². The van der Waals surface area contributed by atoms with Crippen molar-refractivity contribution in [3.8, 4) is 5.75 Å². The summed E-state index contributed by atoms with van der Waals surface area (Å²) in [5, 5.41) is 11.7. The van der Waals surface area contributed by atoms with E-state index in [2.05, 4.69) is 16.8 Å². The van der Waals surface area contributed by atoms with Crippen molar-refractivity contribution < 1.29 is 9.52 Å². The van der Waals surface area contributed by atoms with E-state index < -0.39 is 0 Å². The normalized spacial score (nSPS) is 24.7. The third-order valence-corrected chi connectivity index (χ3v) is 7.67. The minimum atomic E-state index is -0.211. The Morgan fingerprint density at radius 1 is 1.07 bits per heavy atom. The van der Waals surface area contributed by atoms with Crippen molar-refractivity contribution in [1.29, 1.82) is 0 Å². The third kappa shape index (κ3) is 3.67. The summed E-state index contributed by atoms with van der Waals surface area (Å²) in [6.07, 6.45) is 10.5. The lowest BCUT2D eigenvalue weighted by Crippen LogP contribution is -2.50. The molecule has 3 heterocycles. The molecule has 1 aliphatic carbocycles. The van der Waals surface area contributed by atoms with Gasteiger partial charge in [-0.25, -0.2) is 4.79 Å². The van der Waals surface area contributed by atoms with Gasteiger partial charge in [-0.15, -0.1) is 0 Å². The summed E-state index contributed by atoms with van der Waals surface area (Å²) in [6.45, 7) is 4.14. The van der Waals surface area contributed by atoms with Gasteiger partial charge in [-0.2, -0.15) is 0 Å². The van der Waals surface area contributed by atoms with Crippen LogP contribution in [0.25, 0.3) is 11.0 Å². The molecule has 0 saturated carbocycles. The van der Waals surface area contributed by atoms with E-state index in [1.807, 2.05) is 6.07 Å². The van der Waals surface area contributed by atoms with Gasteiger partial charge in [-0.05, 0) is 95.1 Å². The van der Waals surface area contributed by atoms with Gasteiger partial charge in [0.15, 0.2) is 0 Å². The van der Waals surface area contributed by atoms with Crippen LogP contribution in [-0.4, -0.2) is 47.6 Å².